The van der Waals surface area contributed by atoms with Gasteiger partial charge in [0.05, 0.1) is 40.3 Å². The number of hydrogen-bond donors (Lipinski definition) is 0. The Balaban J connectivity index is 4.36. The summed E-state index contributed by atoms with van der Waals surface area (Å²) < 4.78 is 17.2. The number of ether oxygens (including phenoxy) is 3. The molecule has 0 amide bonds. The summed E-state index contributed by atoms with van der Waals surface area (Å²) in [5.74, 6) is -1.78. The maximum atomic E-state index is 12.8. The molecule has 0 aliphatic rings. The minimum Gasteiger partial charge on any atom is -0.544 e. The molecule has 62 heavy (non-hydrogen) atoms. The first kappa shape index (κ1) is 58.2. The number of carbonyl (C=O) groups is 3. The van der Waals surface area contributed by atoms with Crippen molar-refractivity contribution in [1.82, 2.24) is 0 Å². The number of quaternary nitrogens is 1. The Labute approximate surface area is 379 Å². The minimum atomic E-state index is -1.13. The Bertz CT molecular complexity index is 1330. The van der Waals surface area contributed by atoms with E-state index in [1.54, 1.807) is 21.1 Å². The van der Waals surface area contributed by atoms with Gasteiger partial charge >= 0.3 is 11.9 Å². The number of hydrogen-bond acceptors (Lipinski definition) is 7. The Morgan fingerprint density at radius 3 is 1.26 bits per heavy atom. The standard InChI is InChI=1S/C54H89NO7/c1-6-8-10-12-14-16-18-20-22-24-26-28-30-32-34-36-38-40-42-44-52(56)61-49-50(48-60-47-46-51(54(58)59)55(3,4)5)62-53(57)45-43-41-39-37-35-33-31-29-27-25-23-21-19-17-15-13-11-9-7-2/h8-11,14-17,20-23,26-29,50-51H,6-7,12-13,18-19,24-25,30-49H2,1-5H3/b10-8+,11-9+,16-14+,17-15+,22-20+,23-21+,28-26+,29-27+. The van der Waals surface area contributed by atoms with Crippen LogP contribution in [0.5, 0.6) is 0 Å². The van der Waals surface area contributed by atoms with Crippen LogP contribution in [0.15, 0.2) is 97.2 Å². The largest absolute Gasteiger partial charge is 0.544 e. The summed E-state index contributed by atoms with van der Waals surface area (Å²) >= 11 is 0. The first-order valence-electron chi connectivity index (χ1n) is 24.3. The monoisotopic (exact) mass is 864 g/mol. The lowest BCUT2D eigenvalue weighted by Gasteiger charge is -2.34. The topological polar surface area (TPSA) is 102 Å². The summed E-state index contributed by atoms with van der Waals surface area (Å²) in [5, 5.41) is 11.7. The number of unbranched alkanes of at least 4 members (excludes halogenated alkanes) is 12. The third-order valence-electron chi connectivity index (χ3n) is 10.2. The molecule has 0 rings (SSSR count). The minimum absolute atomic E-state index is 0.0239. The second kappa shape index (κ2) is 43.9. The van der Waals surface area contributed by atoms with Crippen LogP contribution in [0.2, 0.25) is 0 Å². The average molecular weight is 864 g/mol. The van der Waals surface area contributed by atoms with Crippen LogP contribution in [0.4, 0.5) is 0 Å². The number of allylic oxidation sites excluding steroid dienone is 16. The summed E-state index contributed by atoms with van der Waals surface area (Å²) in [5.41, 5.74) is 0. The zero-order valence-corrected chi connectivity index (χ0v) is 40.0. The molecular weight excluding hydrogens is 775 g/mol. The molecule has 2 unspecified atom stereocenters. The van der Waals surface area contributed by atoms with Gasteiger partial charge in [0.25, 0.3) is 0 Å². The van der Waals surface area contributed by atoms with Crippen LogP contribution in [0.25, 0.3) is 0 Å². The fourth-order valence-corrected chi connectivity index (χ4v) is 6.52. The highest BCUT2D eigenvalue weighted by Gasteiger charge is 2.25. The summed E-state index contributed by atoms with van der Waals surface area (Å²) in [7, 11) is 5.39. The number of likely N-dealkylation sites (N-methyl/N-ethyl adjacent to an activating group) is 1. The van der Waals surface area contributed by atoms with E-state index in [-0.39, 0.29) is 42.7 Å². The summed E-state index contributed by atoms with van der Waals surface area (Å²) in [6, 6.07) is -0.737. The third-order valence-corrected chi connectivity index (χ3v) is 10.2. The molecule has 0 aromatic heterocycles. The molecule has 352 valence electrons. The molecule has 0 heterocycles. The SMILES string of the molecule is CC/C=C/C/C=C/C/C=C/C/C=C/CCCCCCCCC(=O)OCC(COCCC(C(=O)[O-])[N+](C)(C)C)OC(=O)CCCCCCCC/C=C/C/C=C/C/C=C/C/C=C/CC. The van der Waals surface area contributed by atoms with Crippen LogP contribution in [0, 0.1) is 0 Å². The van der Waals surface area contributed by atoms with Gasteiger partial charge in [-0.2, -0.15) is 0 Å². The molecule has 0 aromatic rings. The van der Waals surface area contributed by atoms with Crippen molar-refractivity contribution in [1.29, 1.82) is 0 Å². The fourth-order valence-electron chi connectivity index (χ4n) is 6.52. The zero-order chi connectivity index (χ0) is 45.6. The summed E-state index contributed by atoms with van der Waals surface area (Å²) in [4.78, 5) is 37.0. The quantitative estimate of drug-likeness (QED) is 0.0261. The summed E-state index contributed by atoms with van der Waals surface area (Å²) in [6.45, 7) is 4.39. The molecule has 0 saturated carbocycles. The second-order valence-electron chi connectivity index (χ2n) is 16.9. The first-order chi connectivity index (χ1) is 30.1. The van der Waals surface area contributed by atoms with Gasteiger partial charge in [-0.05, 0) is 89.9 Å². The molecule has 0 aromatic carbocycles. The van der Waals surface area contributed by atoms with E-state index in [0.717, 1.165) is 116 Å². The lowest BCUT2D eigenvalue weighted by atomic mass is 10.1. The van der Waals surface area contributed by atoms with Gasteiger partial charge in [-0.1, -0.05) is 162 Å². The van der Waals surface area contributed by atoms with E-state index >= 15 is 0 Å². The van der Waals surface area contributed by atoms with Gasteiger partial charge in [0.2, 0.25) is 0 Å². The van der Waals surface area contributed by atoms with Gasteiger partial charge < -0.3 is 28.6 Å². The lowest BCUT2D eigenvalue weighted by molar-refractivity contribution is -0.889. The van der Waals surface area contributed by atoms with Gasteiger partial charge in [-0.15, -0.1) is 0 Å². The fraction of sp³-hybridized carbons (Fsp3) is 0.648. The van der Waals surface area contributed by atoms with Crippen molar-refractivity contribution in [2.45, 2.75) is 187 Å². The van der Waals surface area contributed by atoms with Crippen molar-refractivity contribution in [3.8, 4) is 0 Å². The van der Waals surface area contributed by atoms with Crippen molar-refractivity contribution in [2.75, 3.05) is 41.0 Å². The maximum absolute atomic E-state index is 12.8. The molecule has 0 aliphatic heterocycles. The number of nitrogens with zero attached hydrogens (tertiary/aromatic N) is 1. The zero-order valence-electron chi connectivity index (χ0n) is 40.0. The molecule has 8 heteroatoms. The van der Waals surface area contributed by atoms with Crippen LogP contribution in [-0.4, -0.2) is 75.5 Å². The molecule has 0 spiro atoms. The molecular formula is C54H89NO7. The van der Waals surface area contributed by atoms with E-state index in [1.165, 1.54) is 25.7 Å². The summed E-state index contributed by atoms with van der Waals surface area (Å²) in [6.07, 6.45) is 58.6. The van der Waals surface area contributed by atoms with Crippen molar-refractivity contribution in [3.05, 3.63) is 97.2 Å². The van der Waals surface area contributed by atoms with E-state index in [2.05, 4.69) is 111 Å². The van der Waals surface area contributed by atoms with E-state index in [1.807, 2.05) is 0 Å². The Hall–Kier alpha value is -3.75. The van der Waals surface area contributed by atoms with E-state index in [4.69, 9.17) is 14.2 Å². The maximum Gasteiger partial charge on any atom is 0.306 e. The van der Waals surface area contributed by atoms with Crippen LogP contribution in [0.3, 0.4) is 0 Å². The Morgan fingerprint density at radius 2 is 0.855 bits per heavy atom. The molecule has 8 nitrogen and oxygen atoms in total. The van der Waals surface area contributed by atoms with Crippen LogP contribution >= 0.6 is 0 Å². The van der Waals surface area contributed by atoms with Crippen molar-refractivity contribution >= 4 is 17.9 Å². The normalized spacial score (nSPS) is 13.8. The van der Waals surface area contributed by atoms with Crippen molar-refractivity contribution in [3.63, 3.8) is 0 Å². The average Bonchev–Trinajstić information content (AvgIpc) is 3.23. The molecule has 0 radical (unpaired) electrons. The van der Waals surface area contributed by atoms with Gasteiger partial charge in [-0.3, -0.25) is 9.59 Å². The van der Waals surface area contributed by atoms with Gasteiger partial charge in [0.15, 0.2) is 6.10 Å². The van der Waals surface area contributed by atoms with Crippen LogP contribution in [0.1, 0.15) is 174 Å². The number of carbonyl (C=O) groups excluding carboxylic acids is 3. The first-order valence-corrected chi connectivity index (χ1v) is 24.3. The highest BCUT2D eigenvalue weighted by molar-refractivity contribution is 5.70. The molecule has 0 fully saturated rings. The van der Waals surface area contributed by atoms with Gasteiger partial charge in [0, 0.05) is 19.3 Å². The number of aliphatic carboxylic acids is 1. The third kappa shape index (κ3) is 41.6. The van der Waals surface area contributed by atoms with Crippen LogP contribution < -0.4 is 5.11 Å². The molecule has 0 N–H and O–H groups in total. The van der Waals surface area contributed by atoms with E-state index in [9.17, 15) is 19.5 Å². The van der Waals surface area contributed by atoms with Crippen LogP contribution in [-0.2, 0) is 28.6 Å². The second-order valence-corrected chi connectivity index (χ2v) is 16.9. The predicted molar refractivity (Wildman–Crippen MR) is 258 cm³/mol. The van der Waals surface area contributed by atoms with Crippen molar-refractivity contribution in [2.24, 2.45) is 0 Å². The van der Waals surface area contributed by atoms with E-state index in [0.29, 0.717) is 12.8 Å². The Morgan fingerprint density at radius 1 is 0.484 bits per heavy atom. The number of carboxylic acids is 1. The van der Waals surface area contributed by atoms with E-state index < -0.39 is 18.1 Å². The van der Waals surface area contributed by atoms with Gasteiger partial charge in [-0.25, -0.2) is 0 Å². The van der Waals surface area contributed by atoms with Gasteiger partial charge in [0.1, 0.15) is 12.6 Å². The highest BCUT2D eigenvalue weighted by Crippen LogP contribution is 2.13. The highest BCUT2D eigenvalue weighted by atomic mass is 16.6. The number of rotatable bonds is 42. The molecule has 0 aliphatic carbocycles. The predicted octanol–water partition coefficient (Wildman–Crippen LogP) is 12.5. The smallest absolute Gasteiger partial charge is 0.306 e. The number of esters is 2. The number of carboxylic acid groups (broad SMARTS) is 1. The van der Waals surface area contributed by atoms with Crippen molar-refractivity contribution < 1.29 is 38.2 Å². The lowest BCUT2D eigenvalue weighted by Crippen LogP contribution is -2.55. The molecule has 0 bridgehead atoms. The molecule has 0 saturated heterocycles. The molecule has 2 atom stereocenters. The Kier molecular flexibility index (Phi) is 41.2.